The Bertz CT molecular complexity index is 557. The predicted octanol–water partition coefficient (Wildman–Crippen LogP) is 2.60. The van der Waals surface area contributed by atoms with E-state index in [4.69, 9.17) is 16.4 Å². The number of hydrogen-bond donors (Lipinski definition) is 2. The number of nitrogens with one attached hydrogen (secondary N) is 2. The summed E-state index contributed by atoms with van der Waals surface area (Å²) in [5, 5.41) is 10.6. The van der Waals surface area contributed by atoms with E-state index in [1.54, 1.807) is 24.3 Å². The lowest BCUT2D eigenvalue weighted by Gasteiger charge is -2.30. The fourth-order valence-electron chi connectivity index (χ4n) is 2.58. The summed E-state index contributed by atoms with van der Waals surface area (Å²) < 4.78 is 0. The zero-order valence-corrected chi connectivity index (χ0v) is 13.0. The van der Waals surface area contributed by atoms with Crippen molar-refractivity contribution in [2.75, 3.05) is 18.4 Å². The summed E-state index contributed by atoms with van der Waals surface area (Å²) in [5.74, 6) is -0.227. The average Bonchev–Trinajstić information content (AvgIpc) is 2.83. The maximum atomic E-state index is 12.2. The maximum Gasteiger partial charge on any atom is 0.273 e. The molecule has 0 aromatic heterocycles. The summed E-state index contributed by atoms with van der Waals surface area (Å²) in [6.07, 6.45) is 2.52. The van der Waals surface area contributed by atoms with Gasteiger partial charge in [-0.05, 0) is 37.6 Å². The number of piperidine rings is 1. The zero-order valence-electron chi connectivity index (χ0n) is 11.4. The van der Waals surface area contributed by atoms with Crippen molar-refractivity contribution in [3.8, 4) is 0 Å². The van der Waals surface area contributed by atoms with Crippen LogP contribution in [0.4, 0.5) is 5.69 Å². The van der Waals surface area contributed by atoms with Gasteiger partial charge in [-0.3, -0.25) is 4.79 Å². The second-order valence-electron chi connectivity index (χ2n) is 5.23. The SMILES string of the molecule is Cl.O=C(Nc1cccc(Cl)c1)C1=NOC2(CCCNC2)C1. The maximum absolute atomic E-state index is 12.2. The summed E-state index contributed by atoms with van der Waals surface area (Å²) in [7, 11) is 0. The van der Waals surface area contributed by atoms with Crippen molar-refractivity contribution in [1.82, 2.24) is 5.32 Å². The van der Waals surface area contributed by atoms with E-state index in [2.05, 4.69) is 15.8 Å². The Morgan fingerprint density at radius 3 is 3.05 bits per heavy atom. The van der Waals surface area contributed by atoms with Crippen LogP contribution in [-0.4, -0.2) is 30.3 Å². The molecule has 5 nitrogen and oxygen atoms in total. The van der Waals surface area contributed by atoms with Gasteiger partial charge in [0.05, 0.1) is 0 Å². The van der Waals surface area contributed by atoms with Crippen molar-refractivity contribution in [3.63, 3.8) is 0 Å². The fraction of sp³-hybridized carbons (Fsp3) is 0.429. The van der Waals surface area contributed by atoms with E-state index in [9.17, 15) is 4.79 Å². The van der Waals surface area contributed by atoms with Gasteiger partial charge in [-0.2, -0.15) is 0 Å². The molecule has 0 bridgehead atoms. The lowest BCUT2D eigenvalue weighted by molar-refractivity contribution is -0.110. The van der Waals surface area contributed by atoms with Crippen molar-refractivity contribution >= 4 is 41.3 Å². The van der Waals surface area contributed by atoms with Gasteiger partial charge in [-0.1, -0.05) is 22.8 Å². The van der Waals surface area contributed by atoms with Crippen LogP contribution in [0.1, 0.15) is 19.3 Å². The van der Waals surface area contributed by atoms with Crippen LogP contribution in [-0.2, 0) is 9.63 Å². The largest absolute Gasteiger partial charge is 0.387 e. The van der Waals surface area contributed by atoms with E-state index in [0.29, 0.717) is 22.8 Å². The molecule has 21 heavy (non-hydrogen) atoms. The van der Waals surface area contributed by atoms with Crippen LogP contribution >= 0.6 is 24.0 Å². The van der Waals surface area contributed by atoms with E-state index in [1.165, 1.54) is 0 Å². The van der Waals surface area contributed by atoms with E-state index in [1.807, 2.05) is 0 Å². The van der Waals surface area contributed by atoms with Crippen LogP contribution in [0, 0.1) is 0 Å². The van der Waals surface area contributed by atoms with Gasteiger partial charge in [0.25, 0.3) is 5.91 Å². The van der Waals surface area contributed by atoms with Gasteiger partial charge < -0.3 is 15.5 Å². The van der Waals surface area contributed by atoms with Crippen molar-refractivity contribution < 1.29 is 9.63 Å². The van der Waals surface area contributed by atoms with Crippen LogP contribution in [0.3, 0.4) is 0 Å². The molecule has 1 amide bonds. The van der Waals surface area contributed by atoms with Gasteiger partial charge in [0.15, 0.2) is 5.60 Å². The number of anilines is 1. The number of hydrogen-bond acceptors (Lipinski definition) is 4. The Morgan fingerprint density at radius 2 is 2.33 bits per heavy atom. The molecule has 1 aromatic carbocycles. The lowest BCUT2D eigenvalue weighted by atomic mass is 9.89. The summed E-state index contributed by atoms with van der Waals surface area (Å²) >= 11 is 5.89. The molecule has 1 aromatic rings. The number of benzene rings is 1. The topological polar surface area (TPSA) is 62.7 Å². The van der Waals surface area contributed by atoms with Gasteiger partial charge in [-0.25, -0.2) is 0 Å². The first kappa shape index (κ1) is 16.1. The van der Waals surface area contributed by atoms with Crippen molar-refractivity contribution in [3.05, 3.63) is 29.3 Å². The highest BCUT2D eigenvalue weighted by Gasteiger charge is 2.42. The monoisotopic (exact) mass is 329 g/mol. The lowest BCUT2D eigenvalue weighted by Crippen LogP contribution is -2.46. The first-order valence-corrected chi connectivity index (χ1v) is 7.07. The molecule has 1 atom stereocenters. The smallest absolute Gasteiger partial charge is 0.273 e. The molecule has 0 saturated carbocycles. The van der Waals surface area contributed by atoms with E-state index >= 15 is 0 Å². The molecule has 2 N–H and O–H groups in total. The Balaban J connectivity index is 0.00000161. The Morgan fingerprint density at radius 1 is 1.48 bits per heavy atom. The van der Waals surface area contributed by atoms with Crippen LogP contribution < -0.4 is 10.6 Å². The van der Waals surface area contributed by atoms with Crippen molar-refractivity contribution in [1.29, 1.82) is 0 Å². The van der Waals surface area contributed by atoms with Crippen LogP contribution in [0.25, 0.3) is 0 Å². The van der Waals surface area contributed by atoms with Crippen LogP contribution in [0.15, 0.2) is 29.4 Å². The highest BCUT2D eigenvalue weighted by atomic mass is 35.5. The average molecular weight is 330 g/mol. The highest BCUT2D eigenvalue weighted by molar-refractivity contribution is 6.43. The molecule has 3 rings (SSSR count). The second-order valence-corrected chi connectivity index (χ2v) is 5.67. The third-order valence-corrected chi connectivity index (χ3v) is 3.85. The molecule has 1 fully saturated rings. The summed E-state index contributed by atoms with van der Waals surface area (Å²) in [5.41, 5.74) is 0.765. The normalized spacial score (nSPS) is 24.0. The van der Waals surface area contributed by atoms with Gasteiger partial charge in [-0.15, -0.1) is 12.4 Å². The minimum Gasteiger partial charge on any atom is -0.387 e. The van der Waals surface area contributed by atoms with Crippen molar-refractivity contribution in [2.24, 2.45) is 5.16 Å². The summed E-state index contributed by atoms with van der Waals surface area (Å²) in [6.45, 7) is 1.74. The fourth-order valence-corrected chi connectivity index (χ4v) is 2.77. The Kier molecular flexibility index (Phi) is 5.08. The molecule has 2 heterocycles. The number of oxime groups is 1. The van der Waals surface area contributed by atoms with Gasteiger partial charge >= 0.3 is 0 Å². The first-order valence-electron chi connectivity index (χ1n) is 6.70. The van der Waals surface area contributed by atoms with Gasteiger partial charge in [0, 0.05) is 23.7 Å². The number of nitrogens with zero attached hydrogens (tertiary/aromatic N) is 1. The number of amides is 1. The number of rotatable bonds is 2. The Hall–Kier alpha value is -1.30. The molecule has 114 valence electrons. The number of carbonyl (C=O) groups excluding carboxylic acids is 1. The molecular weight excluding hydrogens is 313 g/mol. The Labute approximate surface area is 134 Å². The molecule has 1 unspecified atom stereocenters. The zero-order chi connectivity index (χ0) is 14.0. The summed E-state index contributed by atoms with van der Waals surface area (Å²) in [6, 6.07) is 7.04. The molecule has 7 heteroatoms. The van der Waals surface area contributed by atoms with E-state index in [-0.39, 0.29) is 23.9 Å². The molecule has 1 saturated heterocycles. The molecule has 0 radical (unpaired) electrons. The number of halogens is 2. The van der Waals surface area contributed by atoms with Crippen LogP contribution in [0.2, 0.25) is 5.02 Å². The molecule has 0 aliphatic carbocycles. The van der Waals surface area contributed by atoms with Gasteiger partial charge in [0.1, 0.15) is 5.71 Å². The van der Waals surface area contributed by atoms with E-state index in [0.717, 1.165) is 25.9 Å². The minimum absolute atomic E-state index is 0. The molecule has 1 spiro atoms. The van der Waals surface area contributed by atoms with Crippen molar-refractivity contribution in [2.45, 2.75) is 24.9 Å². The standard InChI is InChI=1S/C14H16ClN3O2.ClH/c15-10-3-1-4-11(7-10)17-13(19)12-8-14(20-18-12)5-2-6-16-9-14;/h1,3-4,7,16H,2,5-6,8-9H2,(H,17,19);1H. The summed E-state index contributed by atoms with van der Waals surface area (Å²) in [4.78, 5) is 17.7. The van der Waals surface area contributed by atoms with Gasteiger partial charge in [0.2, 0.25) is 0 Å². The second kappa shape index (κ2) is 6.64. The molecular formula is C14H17Cl2N3O2. The highest BCUT2D eigenvalue weighted by Crippen LogP contribution is 2.30. The molecule has 2 aliphatic heterocycles. The predicted molar refractivity (Wildman–Crippen MR) is 85.3 cm³/mol. The first-order chi connectivity index (χ1) is 9.67. The quantitative estimate of drug-likeness (QED) is 0.876. The third-order valence-electron chi connectivity index (χ3n) is 3.62. The molecule has 2 aliphatic rings. The minimum atomic E-state index is -0.334. The third kappa shape index (κ3) is 3.67. The van der Waals surface area contributed by atoms with Crippen LogP contribution in [0.5, 0.6) is 0 Å². The van der Waals surface area contributed by atoms with E-state index < -0.39 is 0 Å². The number of carbonyl (C=O) groups is 1.